The number of nitrogens with zero attached hydrogens (tertiary/aromatic N) is 2. The molecule has 2 heterocycles. The summed E-state index contributed by atoms with van der Waals surface area (Å²) in [6.45, 7) is 6.15. The van der Waals surface area contributed by atoms with Crippen molar-refractivity contribution in [1.29, 1.82) is 0 Å². The van der Waals surface area contributed by atoms with Crippen molar-refractivity contribution >= 4 is 5.91 Å². The van der Waals surface area contributed by atoms with Crippen LogP contribution in [0.1, 0.15) is 35.2 Å². The highest BCUT2D eigenvalue weighted by atomic mass is 16.5. The van der Waals surface area contributed by atoms with E-state index < -0.39 is 6.10 Å². The van der Waals surface area contributed by atoms with E-state index in [9.17, 15) is 4.79 Å². The van der Waals surface area contributed by atoms with E-state index in [-0.39, 0.29) is 11.9 Å². The molecule has 1 fully saturated rings. The number of rotatable bonds is 6. The standard InChI is InChI=1S/C29H32N2O3/c1-22(29(32)30-16-18-33-19-17-30)34-26-13-12-24-14-15-31(21-23-8-4-2-5-9-23)28(27(24)20-26)25-10-6-3-7-11-25/h2-13,20,22,28H,14-19,21H2,1H3. The van der Waals surface area contributed by atoms with Crippen LogP contribution in [-0.4, -0.2) is 54.7 Å². The molecule has 2 aliphatic rings. The minimum atomic E-state index is -0.532. The first-order valence-electron chi connectivity index (χ1n) is 12.2. The van der Waals surface area contributed by atoms with Crippen molar-refractivity contribution < 1.29 is 14.3 Å². The minimum absolute atomic E-state index is 0.0198. The second-order valence-corrected chi connectivity index (χ2v) is 9.08. The Hall–Kier alpha value is -3.15. The fourth-order valence-electron chi connectivity index (χ4n) is 5.03. The van der Waals surface area contributed by atoms with E-state index in [0.717, 1.165) is 25.3 Å². The van der Waals surface area contributed by atoms with E-state index in [0.29, 0.717) is 26.3 Å². The first-order chi connectivity index (χ1) is 16.7. The Kier molecular flexibility index (Phi) is 6.93. The highest BCUT2D eigenvalue weighted by molar-refractivity contribution is 5.81. The highest BCUT2D eigenvalue weighted by Crippen LogP contribution is 2.38. The Bertz CT molecular complexity index is 1100. The van der Waals surface area contributed by atoms with Gasteiger partial charge in [0.2, 0.25) is 0 Å². The number of benzene rings is 3. The number of hydrogen-bond acceptors (Lipinski definition) is 4. The Balaban J connectivity index is 1.41. The van der Waals surface area contributed by atoms with Gasteiger partial charge in [0.05, 0.1) is 19.3 Å². The maximum absolute atomic E-state index is 12.9. The summed E-state index contributed by atoms with van der Waals surface area (Å²) in [4.78, 5) is 17.2. The first kappa shape index (κ1) is 22.6. The third kappa shape index (κ3) is 5.01. The van der Waals surface area contributed by atoms with Gasteiger partial charge in [-0.2, -0.15) is 0 Å². The minimum Gasteiger partial charge on any atom is -0.481 e. The van der Waals surface area contributed by atoms with Gasteiger partial charge < -0.3 is 14.4 Å². The molecule has 2 aliphatic heterocycles. The molecule has 0 bridgehead atoms. The van der Waals surface area contributed by atoms with Gasteiger partial charge in [-0.3, -0.25) is 9.69 Å². The average Bonchev–Trinajstić information content (AvgIpc) is 2.89. The maximum Gasteiger partial charge on any atom is 0.263 e. The van der Waals surface area contributed by atoms with Crippen LogP contribution in [0.5, 0.6) is 5.75 Å². The van der Waals surface area contributed by atoms with Gasteiger partial charge in [0.1, 0.15) is 5.75 Å². The molecule has 34 heavy (non-hydrogen) atoms. The Labute approximate surface area is 201 Å². The van der Waals surface area contributed by atoms with E-state index in [1.54, 1.807) is 0 Å². The van der Waals surface area contributed by atoms with E-state index in [4.69, 9.17) is 9.47 Å². The van der Waals surface area contributed by atoms with Gasteiger partial charge in [0.25, 0.3) is 5.91 Å². The van der Waals surface area contributed by atoms with Gasteiger partial charge in [-0.25, -0.2) is 0 Å². The van der Waals surface area contributed by atoms with Crippen molar-refractivity contribution in [3.8, 4) is 5.75 Å². The molecule has 3 aromatic carbocycles. The molecule has 0 aromatic heterocycles. The summed E-state index contributed by atoms with van der Waals surface area (Å²) in [7, 11) is 0. The third-order valence-corrected chi connectivity index (χ3v) is 6.77. The summed E-state index contributed by atoms with van der Waals surface area (Å²) in [5.74, 6) is 0.765. The summed E-state index contributed by atoms with van der Waals surface area (Å²) in [5, 5.41) is 0. The molecule has 5 rings (SSSR count). The SMILES string of the molecule is CC(Oc1ccc2c(c1)C(c1ccccc1)N(Cc1ccccc1)CC2)C(=O)N1CCOCC1. The smallest absolute Gasteiger partial charge is 0.263 e. The van der Waals surface area contributed by atoms with Crippen LogP contribution in [0.4, 0.5) is 0 Å². The Morgan fingerprint density at radius 3 is 2.41 bits per heavy atom. The number of fused-ring (bicyclic) bond motifs is 1. The quantitative estimate of drug-likeness (QED) is 0.549. The molecule has 2 atom stereocenters. The van der Waals surface area contributed by atoms with Crippen LogP contribution >= 0.6 is 0 Å². The van der Waals surface area contributed by atoms with Gasteiger partial charge in [-0.15, -0.1) is 0 Å². The molecule has 3 aromatic rings. The largest absolute Gasteiger partial charge is 0.481 e. The lowest BCUT2D eigenvalue weighted by atomic mass is 9.87. The lowest BCUT2D eigenvalue weighted by molar-refractivity contribution is -0.142. The normalized spacial score (nSPS) is 19.3. The number of morpholine rings is 1. The average molecular weight is 457 g/mol. The van der Waals surface area contributed by atoms with Crippen LogP contribution in [0.15, 0.2) is 78.9 Å². The molecule has 0 aliphatic carbocycles. The molecule has 2 unspecified atom stereocenters. The van der Waals surface area contributed by atoms with Crippen LogP contribution in [0.2, 0.25) is 0 Å². The number of ether oxygens (including phenoxy) is 2. The van der Waals surface area contributed by atoms with Crippen LogP contribution in [0.3, 0.4) is 0 Å². The monoisotopic (exact) mass is 456 g/mol. The molecular formula is C29H32N2O3. The molecule has 1 saturated heterocycles. The molecule has 176 valence electrons. The summed E-state index contributed by atoms with van der Waals surface area (Å²) in [6.07, 6.45) is 0.462. The number of carbonyl (C=O) groups excluding carboxylic acids is 1. The topological polar surface area (TPSA) is 42.0 Å². The lowest BCUT2D eigenvalue weighted by Crippen LogP contribution is -2.46. The highest BCUT2D eigenvalue weighted by Gasteiger charge is 2.30. The van der Waals surface area contributed by atoms with Crippen molar-refractivity contribution in [2.45, 2.75) is 32.0 Å². The maximum atomic E-state index is 12.9. The summed E-state index contributed by atoms with van der Waals surface area (Å²) in [6, 6.07) is 27.8. The molecular weight excluding hydrogens is 424 g/mol. The predicted octanol–water partition coefficient (Wildman–Crippen LogP) is 4.46. The van der Waals surface area contributed by atoms with E-state index in [2.05, 4.69) is 77.7 Å². The van der Waals surface area contributed by atoms with Gasteiger partial charge in [0, 0.05) is 26.2 Å². The molecule has 5 heteroatoms. The summed E-state index contributed by atoms with van der Waals surface area (Å²) >= 11 is 0. The van der Waals surface area contributed by atoms with Crippen molar-refractivity contribution in [2.75, 3.05) is 32.8 Å². The van der Waals surface area contributed by atoms with Gasteiger partial charge in [-0.1, -0.05) is 66.7 Å². The summed E-state index contributed by atoms with van der Waals surface area (Å²) < 4.78 is 11.6. The van der Waals surface area contributed by atoms with Crippen LogP contribution in [0, 0.1) is 0 Å². The van der Waals surface area contributed by atoms with Crippen molar-refractivity contribution in [2.24, 2.45) is 0 Å². The molecule has 0 N–H and O–H groups in total. The predicted molar refractivity (Wildman–Crippen MR) is 133 cm³/mol. The summed E-state index contributed by atoms with van der Waals surface area (Å²) in [5.41, 5.74) is 5.19. The second kappa shape index (κ2) is 10.4. The zero-order valence-electron chi connectivity index (χ0n) is 19.7. The van der Waals surface area contributed by atoms with Gasteiger partial charge in [0.15, 0.2) is 6.10 Å². The number of carbonyl (C=O) groups is 1. The van der Waals surface area contributed by atoms with Gasteiger partial charge in [-0.05, 0) is 47.7 Å². The lowest BCUT2D eigenvalue weighted by Gasteiger charge is -2.38. The van der Waals surface area contributed by atoms with Crippen LogP contribution < -0.4 is 4.74 Å². The zero-order chi connectivity index (χ0) is 23.3. The Morgan fingerprint density at radius 1 is 0.971 bits per heavy atom. The van der Waals surface area contributed by atoms with Crippen LogP contribution in [-0.2, 0) is 22.5 Å². The molecule has 1 amide bonds. The zero-order valence-corrected chi connectivity index (χ0v) is 19.7. The fraction of sp³-hybridized carbons (Fsp3) is 0.345. The van der Waals surface area contributed by atoms with Gasteiger partial charge >= 0.3 is 0 Å². The van der Waals surface area contributed by atoms with E-state index >= 15 is 0 Å². The van der Waals surface area contributed by atoms with E-state index in [1.165, 1.54) is 22.3 Å². The molecule has 0 radical (unpaired) electrons. The Morgan fingerprint density at radius 2 is 1.68 bits per heavy atom. The van der Waals surface area contributed by atoms with Crippen molar-refractivity contribution in [3.63, 3.8) is 0 Å². The molecule has 0 saturated carbocycles. The molecule has 0 spiro atoms. The molecule has 5 nitrogen and oxygen atoms in total. The fourth-order valence-corrected chi connectivity index (χ4v) is 5.03. The van der Waals surface area contributed by atoms with E-state index in [1.807, 2.05) is 17.9 Å². The van der Waals surface area contributed by atoms with Crippen molar-refractivity contribution in [1.82, 2.24) is 9.80 Å². The third-order valence-electron chi connectivity index (χ3n) is 6.77. The van der Waals surface area contributed by atoms with Crippen molar-refractivity contribution in [3.05, 3.63) is 101 Å². The number of amides is 1. The second-order valence-electron chi connectivity index (χ2n) is 9.08. The number of hydrogen-bond donors (Lipinski definition) is 0. The van der Waals surface area contributed by atoms with Crippen LogP contribution in [0.25, 0.3) is 0 Å². The first-order valence-corrected chi connectivity index (χ1v) is 12.2.